The van der Waals surface area contributed by atoms with E-state index in [4.69, 9.17) is 9.72 Å². The van der Waals surface area contributed by atoms with Crippen molar-refractivity contribution in [3.05, 3.63) is 59.4 Å². The topological polar surface area (TPSA) is 37.9 Å². The Bertz CT molecular complexity index is 751. The molecular formula is C17H16N2O. The van der Waals surface area contributed by atoms with Gasteiger partial charge in [-0.05, 0) is 36.1 Å². The summed E-state index contributed by atoms with van der Waals surface area (Å²) in [5.41, 5.74) is 4.97. The Hall–Kier alpha value is -2.29. The number of fused-ring (bicyclic) bond motifs is 2. The Morgan fingerprint density at radius 1 is 1.10 bits per heavy atom. The standard InChI is InChI=1S/C17H16N2O/c1-20-14-6-7-15-16(10-14)19-17(18-15)13-8-11-4-2-3-5-12(11)9-13/h2-7,10,13H,8-9H2,1H3,(H,18,19). The Morgan fingerprint density at radius 2 is 1.85 bits per heavy atom. The molecule has 0 radical (unpaired) electrons. The van der Waals surface area contributed by atoms with Crippen LogP contribution in [0.4, 0.5) is 0 Å². The average Bonchev–Trinajstić information content (AvgIpc) is 3.09. The van der Waals surface area contributed by atoms with Gasteiger partial charge in [0, 0.05) is 12.0 Å². The summed E-state index contributed by atoms with van der Waals surface area (Å²) in [6.45, 7) is 0. The van der Waals surface area contributed by atoms with Gasteiger partial charge in [0.2, 0.25) is 0 Å². The number of aromatic nitrogens is 2. The van der Waals surface area contributed by atoms with Gasteiger partial charge >= 0.3 is 0 Å². The third-order valence-electron chi connectivity index (χ3n) is 4.15. The molecule has 1 heterocycles. The van der Waals surface area contributed by atoms with E-state index in [9.17, 15) is 0 Å². The van der Waals surface area contributed by atoms with Crippen molar-refractivity contribution in [1.29, 1.82) is 0 Å². The van der Waals surface area contributed by atoms with E-state index < -0.39 is 0 Å². The highest BCUT2D eigenvalue weighted by Gasteiger charge is 2.24. The van der Waals surface area contributed by atoms with E-state index in [1.807, 2.05) is 18.2 Å². The lowest BCUT2D eigenvalue weighted by Gasteiger charge is -2.03. The van der Waals surface area contributed by atoms with E-state index in [0.29, 0.717) is 5.92 Å². The number of rotatable bonds is 2. The minimum Gasteiger partial charge on any atom is -0.497 e. The fourth-order valence-electron chi connectivity index (χ4n) is 3.08. The second-order valence-corrected chi connectivity index (χ2v) is 5.38. The molecule has 1 aliphatic rings. The van der Waals surface area contributed by atoms with Crippen LogP contribution in [0, 0.1) is 0 Å². The van der Waals surface area contributed by atoms with Crippen molar-refractivity contribution in [2.24, 2.45) is 0 Å². The van der Waals surface area contributed by atoms with Gasteiger partial charge in [-0.1, -0.05) is 24.3 Å². The number of methoxy groups -OCH3 is 1. The van der Waals surface area contributed by atoms with Crippen molar-refractivity contribution in [2.75, 3.05) is 7.11 Å². The molecule has 3 aromatic rings. The number of aromatic amines is 1. The van der Waals surface area contributed by atoms with Gasteiger partial charge in [0.05, 0.1) is 18.1 Å². The highest BCUT2D eigenvalue weighted by Crippen LogP contribution is 2.33. The van der Waals surface area contributed by atoms with Crippen LogP contribution in [0.3, 0.4) is 0 Å². The highest BCUT2D eigenvalue weighted by atomic mass is 16.5. The molecule has 0 aliphatic heterocycles. The van der Waals surface area contributed by atoms with Gasteiger partial charge in [0.25, 0.3) is 0 Å². The molecule has 20 heavy (non-hydrogen) atoms. The molecule has 1 aliphatic carbocycles. The Labute approximate surface area is 117 Å². The average molecular weight is 264 g/mol. The first-order valence-electron chi connectivity index (χ1n) is 6.94. The molecule has 3 nitrogen and oxygen atoms in total. The van der Waals surface area contributed by atoms with E-state index in [-0.39, 0.29) is 0 Å². The Kier molecular flexibility index (Phi) is 2.52. The maximum absolute atomic E-state index is 5.26. The van der Waals surface area contributed by atoms with Gasteiger partial charge in [0.1, 0.15) is 11.6 Å². The molecular weight excluding hydrogens is 248 g/mol. The molecule has 2 aromatic carbocycles. The van der Waals surface area contributed by atoms with Crippen molar-refractivity contribution < 1.29 is 4.74 Å². The number of benzene rings is 2. The summed E-state index contributed by atoms with van der Waals surface area (Å²) < 4.78 is 5.26. The number of hydrogen-bond acceptors (Lipinski definition) is 2. The maximum Gasteiger partial charge on any atom is 0.121 e. The SMILES string of the molecule is COc1ccc2nc(C3Cc4ccccc4C3)[nH]c2c1. The molecule has 0 spiro atoms. The summed E-state index contributed by atoms with van der Waals surface area (Å²) in [7, 11) is 1.69. The summed E-state index contributed by atoms with van der Waals surface area (Å²) >= 11 is 0. The smallest absolute Gasteiger partial charge is 0.121 e. The van der Waals surface area contributed by atoms with E-state index in [2.05, 4.69) is 29.2 Å². The van der Waals surface area contributed by atoms with Gasteiger partial charge in [0.15, 0.2) is 0 Å². The summed E-state index contributed by atoms with van der Waals surface area (Å²) in [5.74, 6) is 2.41. The second-order valence-electron chi connectivity index (χ2n) is 5.38. The zero-order valence-corrected chi connectivity index (χ0v) is 11.4. The molecule has 0 unspecified atom stereocenters. The van der Waals surface area contributed by atoms with Gasteiger partial charge in [-0.3, -0.25) is 0 Å². The zero-order valence-electron chi connectivity index (χ0n) is 11.4. The summed E-state index contributed by atoms with van der Waals surface area (Å²) in [5, 5.41) is 0. The molecule has 0 fully saturated rings. The summed E-state index contributed by atoms with van der Waals surface area (Å²) in [4.78, 5) is 8.20. The number of nitrogens with zero attached hydrogens (tertiary/aromatic N) is 1. The fourth-order valence-corrected chi connectivity index (χ4v) is 3.08. The zero-order chi connectivity index (χ0) is 13.5. The van der Waals surface area contributed by atoms with Crippen LogP contribution >= 0.6 is 0 Å². The van der Waals surface area contributed by atoms with Crippen molar-refractivity contribution in [1.82, 2.24) is 9.97 Å². The van der Waals surface area contributed by atoms with Crippen LogP contribution in [-0.2, 0) is 12.8 Å². The van der Waals surface area contributed by atoms with Crippen molar-refractivity contribution >= 4 is 11.0 Å². The quantitative estimate of drug-likeness (QED) is 0.769. The van der Waals surface area contributed by atoms with Crippen molar-refractivity contribution in [3.8, 4) is 5.75 Å². The molecule has 4 rings (SSSR count). The predicted octanol–water partition coefficient (Wildman–Crippen LogP) is 3.45. The molecule has 0 saturated carbocycles. The first-order valence-corrected chi connectivity index (χ1v) is 6.94. The van der Waals surface area contributed by atoms with E-state index in [0.717, 1.165) is 35.4 Å². The molecule has 1 N–H and O–H groups in total. The van der Waals surface area contributed by atoms with Crippen LogP contribution in [0.15, 0.2) is 42.5 Å². The fraction of sp³-hybridized carbons (Fsp3) is 0.235. The van der Waals surface area contributed by atoms with Crippen LogP contribution in [0.1, 0.15) is 22.9 Å². The molecule has 0 amide bonds. The van der Waals surface area contributed by atoms with E-state index >= 15 is 0 Å². The van der Waals surface area contributed by atoms with Crippen LogP contribution in [0.25, 0.3) is 11.0 Å². The minimum absolute atomic E-state index is 0.464. The van der Waals surface area contributed by atoms with E-state index in [1.54, 1.807) is 7.11 Å². The van der Waals surface area contributed by atoms with Crippen LogP contribution in [0.5, 0.6) is 5.75 Å². The summed E-state index contributed by atoms with van der Waals surface area (Å²) in [6.07, 6.45) is 2.15. The predicted molar refractivity (Wildman–Crippen MR) is 79.2 cm³/mol. The third-order valence-corrected chi connectivity index (χ3v) is 4.15. The van der Waals surface area contributed by atoms with E-state index in [1.165, 1.54) is 11.1 Å². The lowest BCUT2D eigenvalue weighted by Crippen LogP contribution is -1.99. The summed E-state index contributed by atoms with van der Waals surface area (Å²) in [6, 6.07) is 14.7. The second kappa shape index (κ2) is 4.37. The van der Waals surface area contributed by atoms with Gasteiger partial charge in [-0.25, -0.2) is 4.98 Å². The number of H-pyrrole nitrogens is 1. The highest BCUT2D eigenvalue weighted by molar-refractivity contribution is 5.77. The Morgan fingerprint density at radius 3 is 2.55 bits per heavy atom. The van der Waals surface area contributed by atoms with Crippen LogP contribution in [-0.4, -0.2) is 17.1 Å². The monoisotopic (exact) mass is 264 g/mol. The van der Waals surface area contributed by atoms with Gasteiger partial charge in [-0.2, -0.15) is 0 Å². The molecule has 100 valence electrons. The van der Waals surface area contributed by atoms with Crippen LogP contribution in [0.2, 0.25) is 0 Å². The lowest BCUT2D eigenvalue weighted by molar-refractivity contribution is 0.415. The molecule has 3 heteroatoms. The molecule has 0 bridgehead atoms. The minimum atomic E-state index is 0.464. The molecule has 1 aromatic heterocycles. The normalized spacial score (nSPS) is 14.7. The van der Waals surface area contributed by atoms with Crippen molar-refractivity contribution in [3.63, 3.8) is 0 Å². The Balaban J connectivity index is 1.70. The third kappa shape index (κ3) is 1.78. The first kappa shape index (κ1) is 11.5. The van der Waals surface area contributed by atoms with Crippen LogP contribution < -0.4 is 4.74 Å². The molecule has 0 atom stereocenters. The van der Waals surface area contributed by atoms with Gasteiger partial charge < -0.3 is 9.72 Å². The molecule has 0 saturated heterocycles. The first-order chi connectivity index (χ1) is 9.83. The van der Waals surface area contributed by atoms with Crippen molar-refractivity contribution in [2.45, 2.75) is 18.8 Å². The van der Waals surface area contributed by atoms with Gasteiger partial charge in [-0.15, -0.1) is 0 Å². The maximum atomic E-state index is 5.26. The largest absolute Gasteiger partial charge is 0.497 e. The lowest BCUT2D eigenvalue weighted by atomic mass is 10.1. The number of nitrogens with one attached hydrogen (secondary N) is 1. The number of ether oxygens (including phenoxy) is 1. The number of hydrogen-bond donors (Lipinski definition) is 1. The number of imidazole rings is 1.